The van der Waals surface area contributed by atoms with E-state index in [1.165, 1.54) is 37.2 Å². The molecule has 0 atom stereocenters. The molecule has 9 nitrogen and oxygen atoms in total. The Hall–Kier alpha value is -3.18. The Labute approximate surface area is 209 Å². The van der Waals surface area contributed by atoms with Crippen molar-refractivity contribution in [1.29, 1.82) is 0 Å². The number of nitrogens with zero attached hydrogens (tertiary/aromatic N) is 2. The Morgan fingerprint density at radius 1 is 0.914 bits per heavy atom. The SMILES string of the molecule is COC(=O)c1ccc(CSc2nc(SCc3ccc(C(=O)OC)o3)c3c4c([nH]c3n2)CCCC4)o1. The number of hydrogen-bond acceptors (Lipinski definition) is 10. The van der Waals surface area contributed by atoms with Crippen LogP contribution in [0.15, 0.2) is 43.3 Å². The zero-order valence-electron chi connectivity index (χ0n) is 19.2. The minimum atomic E-state index is -0.511. The number of thioether (sulfide) groups is 2. The predicted octanol–water partition coefficient (Wildman–Crippen LogP) is 5.18. The highest BCUT2D eigenvalue weighted by atomic mass is 32.2. The first kappa shape index (κ1) is 23.6. The van der Waals surface area contributed by atoms with E-state index >= 15 is 0 Å². The Kier molecular flexibility index (Phi) is 6.87. The van der Waals surface area contributed by atoms with Crippen LogP contribution in [0.5, 0.6) is 0 Å². The molecule has 0 aliphatic heterocycles. The molecular formula is C24H23N3O6S2. The van der Waals surface area contributed by atoms with Gasteiger partial charge in [-0.1, -0.05) is 23.5 Å². The van der Waals surface area contributed by atoms with Gasteiger partial charge in [-0.25, -0.2) is 19.6 Å². The van der Waals surface area contributed by atoms with Crippen LogP contribution in [0, 0.1) is 0 Å². The zero-order valence-corrected chi connectivity index (χ0v) is 20.8. The van der Waals surface area contributed by atoms with Crippen LogP contribution in [0.25, 0.3) is 11.0 Å². The van der Waals surface area contributed by atoms with Crippen molar-refractivity contribution in [2.75, 3.05) is 14.2 Å². The first-order valence-electron chi connectivity index (χ1n) is 11.1. The van der Waals surface area contributed by atoms with Crippen molar-refractivity contribution in [3.05, 3.63) is 58.6 Å². The minimum absolute atomic E-state index is 0.164. The quantitative estimate of drug-likeness (QED) is 0.146. The Bertz CT molecular complexity index is 1390. The number of esters is 2. The molecule has 4 aromatic rings. The number of ether oxygens (including phenoxy) is 2. The number of methoxy groups -OCH3 is 2. The van der Waals surface area contributed by atoms with Gasteiger partial charge in [0.2, 0.25) is 11.5 Å². The fourth-order valence-electron chi connectivity index (χ4n) is 4.02. The molecular weight excluding hydrogens is 490 g/mol. The van der Waals surface area contributed by atoms with Crippen LogP contribution >= 0.6 is 23.5 Å². The molecule has 0 fully saturated rings. The highest BCUT2D eigenvalue weighted by Gasteiger charge is 2.22. The van der Waals surface area contributed by atoms with Crippen molar-refractivity contribution in [2.45, 2.75) is 47.4 Å². The number of carbonyl (C=O) groups is 2. The van der Waals surface area contributed by atoms with Gasteiger partial charge in [-0.15, -0.1) is 0 Å². The van der Waals surface area contributed by atoms with Gasteiger partial charge >= 0.3 is 11.9 Å². The van der Waals surface area contributed by atoms with Gasteiger partial charge in [-0.3, -0.25) is 0 Å². The maximum absolute atomic E-state index is 11.7. The molecule has 1 N–H and O–H groups in total. The Balaban J connectivity index is 1.40. The van der Waals surface area contributed by atoms with Crippen LogP contribution in [-0.4, -0.2) is 41.1 Å². The lowest BCUT2D eigenvalue weighted by Crippen LogP contribution is -2.00. The third-order valence-electron chi connectivity index (χ3n) is 5.69. The summed E-state index contributed by atoms with van der Waals surface area (Å²) >= 11 is 2.97. The molecule has 4 aromatic heterocycles. The first-order valence-corrected chi connectivity index (χ1v) is 13.0. The van der Waals surface area contributed by atoms with Gasteiger partial charge in [-0.05, 0) is 55.5 Å². The average molecular weight is 514 g/mol. The van der Waals surface area contributed by atoms with E-state index < -0.39 is 11.9 Å². The third kappa shape index (κ3) is 4.96. The monoisotopic (exact) mass is 513 g/mol. The molecule has 0 amide bonds. The van der Waals surface area contributed by atoms with Crippen LogP contribution < -0.4 is 0 Å². The molecule has 0 spiro atoms. The lowest BCUT2D eigenvalue weighted by Gasteiger charge is -2.11. The maximum Gasteiger partial charge on any atom is 0.373 e. The second kappa shape index (κ2) is 10.2. The van der Waals surface area contributed by atoms with E-state index in [0.29, 0.717) is 28.2 Å². The van der Waals surface area contributed by atoms with E-state index in [1.807, 2.05) is 0 Å². The predicted molar refractivity (Wildman–Crippen MR) is 130 cm³/mol. The van der Waals surface area contributed by atoms with Crippen molar-refractivity contribution < 1.29 is 27.9 Å². The number of fused-ring (bicyclic) bond motifs is 3. The zero-order chi connectivity index (χ0) is 24.4. The molecule has 4 heterocycles. The molecule has 0 saturated carbocycles. The Morgan fingerprint density at radius 3 is 2.20 bits per heavy atom. The normalized spacial score (nSPS) is 13.1. The summed E-state index contributed by atoms with van der Waals surface area (Å²) in [5.41, 5.74) is 3.33. The van der Waals surface area contributed by atoms with Gasteiger partial charge in [-0.2, -0.15) is 0 Å². The summed E-state index contributed by atoms with van der Waals surface area (Å²) in [6.07, 6.45) is 4.29. The largest absolute Gasteiger partial charge is 0.463 e. The second-order valence-corrected chi connectivity index (χ2v) is 9.82. The number of rotatable bonds is 8. The van der Waals surface area contributed by atoms with Crippen LogP contribution in [0.2, 0.25) is 0 Å². The lowest BCUT2D eigenvalue weighted by molar-refractivity contribution is 0.0555. The summed E-state index contributed by atoms with van der Waals surface area (Å²) in [6.45, 7) is 0. The fourth-order valence-corrected chi connectivity index (χ4v) is 5.77. The number of furan rings is 2. The summed E-state index contributed by atoms with van der Waals surface area (Å²) in [7, 11) is 2.64. The molecule has 0 saturated heterocycles. The number of aryl methyl sites for hydroxylation is 2. The van der Waals surface area contributed by atoms with E-state index in [9.17, 15) is 9.59 Å². The van der Waals surface area contributed by atoms with Gasteiger partial charge in [0, 0.05) is 5.69 Å². The topological polar surface area (TPSA) is 120 Å². The van der Waals surface area contributed by atoms with E-state index in [2.05, 4.69) is 4.98 Å². The molecule has 11 heteroatoms. The van der Waals surface area contributed by atoms with Crippen LogP contribution in [0.3, 0.4) is 0 Å². The third-order valence-corrected chi connectivity index (χ3v) is 7.55. The molecule has 1 aliphatic rings. The van der Waals surface area contributed by atoms with Crippen LogP contribution in [0.1, 0.15) is 56.7 Å². The smallest absolute Gasteiger partial charge is 0.373 e. The van der Waals surface area contributed by atoms with Crippen molar-refractivity contribution in [1.82, 2.24) is 15.0 Å². The Morgan fingerprint density at radius 2 is 1.54 bits per heavy atom. The van der Waals surface area contributed by atoms with E-state index in [4.69, 9.17) is 28.3 Å². The summed E-state index contributed by atoms with van der Waals surface area (Å²) in [5.74, 6) is 1.59. The van der Waals surface area contributed by atoms with Crippen LogP contribution in [-0.2, 0) is 33.8 Å². The molecule has 0 unspecified atom stereocenters. The van der Waals surface area contributed by atoms with Gasteiger partial charge in [0.25, 0.3) is 0 Å². The van der Waals surface area contributed by atoms with E-state index in [0.717, 1.165) is 41.7 Å². The molecule has 1 aliphatic carbocycles. The second-order valence-electron chi connectivity index (χ2n) is 7.92. The molecule has 35 heavy (non-hydrogen) atoms. The number of aromatic nitrogens is 3. The number of carbonyl (C=O) groups excluding carboxylic acids is 2. The number of nitrogens with one attached hydrogen (secondary N) is 1. The lowest BCUT2D eigenvalue weighted by atomic mass is 9.96. The molecule has 5 rings (SSSR count). The highest BCUT2D eigenvalue weighted by molar-refractivity contribution is 7.99. The van der Waals surface area contributed by atoms with Crippen LogP contribution in [0.4, 0.5) is 0 Å². The minimum Gasteiger partial charge on any atom is -0.463 e. The van der Waals surface area contributed by atoms with E-state index in [1.54, 1.807) is 36.0 Å². The van der Waals surface area contributed by atoms with Gasteiger partial charge in [0.05, 0.1) is 31.1 Å². The standard InChI is InChI=1S/C24H23N3O6S2/c1-30-22(28)17-9-7-13(32-17)11-34-21-19-15-5-3-4-6-16(15)25-20(19)26-24(27-21)35-12-14-8-10-18(33-14)23(29)31-2/h7-10H,3-6,11-12H2,1-2H3,(H,25,26,27). The number of H-pyrrole nitrogens is 1. The number of aromatic amines is 1. The maximum atomic E-state index is 11.7. The number of hydrogen-bond donors (Lipinski definition) is 1. The fraction of sp³-hybridized carbons (Fsp3) is 0.333. The van der Waals surface area contributed by atoms with Gasteiger partial charge in [0.15, 0.2) is 5.16 Å². The van der Waals surface area contributed by atoms with Crippen molar-refractivity contribution in [3.63, 3.8) is 0 Å². The first-order chi connectivity index (χ1) is 17.1. The summed E-state index contributed by atoms with van der Waals surface area (Å²) in [6, 6.07) is 6.73. The molecule has 0 aromatic carbocycles. The van der Waals surface area contributed by atoms with Crippen molar-refractivity contribution in [3.8, 4) is 0 Å². The van der Waals surface area contributed by atoms with Gasteiger partial charge in [0.1, 0.15) is 22.2 Å². The van der Waals surface area contributed by atoms with Crippen molar-refractivity contribution >= 4 is 46.5 Å². The summed E-state index contributed by atoms with van der Waals surface area (Å²) < 4.78 is 20.6. The molecule has 0 radical (unpaired) electrons. The van der Waals surface area contributed by atoms with Gasteiger partial charge < -0.3 is 23.3 Å². The van der Waals surface area contributed by atoms with Crippen molar-refractivity contribution in [2.24, 2.45) is 0 Å². The summed E-state index contributed by atoms with van der Waals surface area (Å²) in [5, 5.41) is 2.52. The highest BCUT2D eigenvalue weighted by Crippen LogP contribution is 2.37. The average Bonchev–Trinajstić information content (AvgIpc) is 3.63. The van der Waals surface area contributed by atoms with E-state index in [-0.39, 0.29) is 11.5 Å². The summed E-state index contributed by atoms with van der Waals surface area (Å²) in [4.78, 5) is 36.5. The molecule has 0 bridgehead atoms. The molecule has 182 valence electrons.